The quantitative estimate of drug-likeness (QED) is 0.512. The lowest BCUT2D eigenvalue weighted by atomic mass is 9.80. The summed E-state index contributed by atoms with van der Waals surface area (Å²) in [7, 11) is 0. The van der Waals surface area contributed by atoms with Crippen molar-refractivity contribution < 1.29 is 9.84 Å². The van der Waals surface area contributed by atoms with Crippen LogP contribution in [0, 0.1) is 11.8 Å². The number of aliphatic hydroxyl groups is 1. The molecule has 0 spiro atoms. The van der Waals surface area contributed by atoms with E-state index in [-0.39, 0.29) is 6.61 Å². The Balaban J connectivity index is 1.90. The average Bonchev–Trinajstić information content (AvgIpc) is 3.02. The maximum Gasteiger partial charge on any atom is 0.0649 e. The van der Waals surface area contributed by atoms with E-state index in [1.54, 1.807) is 0 Å². The molecule has 146 valence electrons. The van der Waals surface area contributed by atoms with E-state index in [2.05, 4.69) is 45.6 Å². The molecule has 2 aliphatic rings. The molecule has 2 saturated carbocycles. The van der Waals surface area contributed by atoms with Gasteiger partial charge in [0.05, 0.1) is 19.8 Å². The molecule has 0 radical (unpaired) electrons. The summed E-state index contributed by atoms with van der Waals surface area (Å²) < 4.78 is 5.83. The Morgan fingerprint density at radius 1 is 1.35 bits per heavy atom. The molecule has 0 amide bonds. The molecule has 3 nitrogen and oxygen atoms in total. The zero-order chi connectivity index (χ0) is 19.2. The molecule has 26 heavy (non-hydrogen) atoms. The van der Waals surface area contributed by atoms with Gasteiger partial charge in [-0.25, -0.2) is 0 Å². The van der Waals surface area contributed by atoms with Crippen molar-refractivity contribution in [3.8, 4) is 0 Å². The van der Waals surface area contributed by atoms with Gasteiger partial charge in [-0.15, -0.1) is 0 Å². The second kappa shape index (κ2) is 9.68. The van der Waals surface area contributed by atoms with Gasteiger partial charge in [0, 0.05) is 5.54 Å². The summed E-state index contributed by atoms with van der Waals surface area (Å²) in [4.78, 5) is 0. The number of hydrogen-bond acceptors (Lipinski definition) is 3. The zero-order valence-corrected chi connectivity index (χ0v) is 16.9. The topological polar surface area (TPSA) is 55.5 Å². The van der Waals surface area contributed by atoms with Crippen LogP contribution < -0.4 is 5.73 Å². The third kappa shape index (κ3) is 5.94. The molecule has 0 heterocycles. The highest BCUT2D eigenvalue weighted by atomic mass is 16.5. The maximum atomic E-state index is 9.48. The molecular weight excluding hydrogens is 322 g/mol. The van der Waals surface area contributed by atoms with Crippen molar-refractivity contribution in [3.63, 3.8) is 0 Å². The van der Waals surface area contributed by atoms with Gasteiger partial charge in [-0.2, -0.15) is 0 Å². The van der Waals surface area contributed by atoms with Crippen LogP contribution in [-0.2, 0) is 4.74 Å². The Hall–Kier alpha value is -1.16. The average molecular weight is 360 g/mol. The molecule has 0 unspecified atom stereocenters. The summed E-state index contributed by atoms with van der Waals surface area (Å²) >= 11 is 0. The Morgan fingerprint density at radius 2 is 2.12 bits per heavy atom. The zero-order valence-electron chi connectivity index (χ0n) is 16.9. The van der Waals surface area contributed by atoms with Gasteiger partial charge in [0.15, 0.2) is 0 Å². The lowest BCUT2D eigenvalue weighted by Crippen LogP contribution is -2.40. The van der Waals surface area contributed by atoms with Crippen molar-refractivity contribution in [2.75, 3.05) is 19.8 Å². The molecule has 0 aromatic heterocycles. The first-order valence-corrected chi connectivity index (χ1v) is 10.0. The highest BCUT2D eigenvalue weighted by molar-refractivity contribution is 5.39. The Kier molecular flexibility index (Phi) is 7.87. The van der Waals surface area contributed by atoms with Gasteiger partial charge in [0.2, 0.25) is 0 Å². The smallest absolute Gasteiger partial charge is 0.0649 e. The molecule has 2 aliphatic carbocycles. The number of allylic oxidation sites excluding steroid dienone is 6. The van der Waals surface area contributed by atoms with Crippen molar-refractivity contribution in [1.82, 2.24) is 0 Å². The predicted octanol–water partition coefficient (Wildman–Crippen LogP) is 4.69. The lowest BCUT2D eigenvalue weighted by molar-refractivity contribution is 0.116. The van der Waals surface area contributed by atoms with Gasteiger partial charge in [-0.3, -0.25) is 0 Å². The number of rotatable bonds is 7. The number of aliphatic hydroxyl groups excluding tert-OH is 1. The third-order valence-electron chi connectivity index (χ3n) is 5.90. The number of ether oxygens (including phenoxy) is 1. The van der Waals surface area contributed by atoms with E-state index >= 15 is 0 Å². The molecule has 3 N–H and O–H groups in total. The van der Waals surface area contributed by atoms with Gasteiger partial charge in [-0.05, 0) is 82.3 Å². The van der Waals surface area contributed by atoms with Gasteiger partial charge in [0.1, 0.15) is 0 Å². The van der Waals surface area contributed by atoms with E-state index < -0.39 is 5.54 Å². The number of hydrogen-bond donors (Lipinski definition) is 2. The minimum Gasteiger partial charge on any atom is -0.394 e. The second-order valence-electron chi connectivity index (χ2n) is 8.45. The molecule has 0 bridgehead atoms. The van der Waals surface area contributed by atoms with Gasteiger partial charge in [-0.1, -0.05) is 36.0 Å². The highest BCUT2D eigenvalue weighted by Gasteiger charge is 2.36. The molecule has 0 aromatic rings. The Bertz CT molecular complexity index is 583. The van der Waals surface area contributed by atoms with Gasteiger partial charge in [0.25, 0.3) is 0 Å². The Morgan fingerprint density at radius 3 is 2.73 bits per heavy atom. The summed E-state index contributed by atoms with van der Waals surface area (Å²) in [6.07, 6.45) is 12.8. The van der Waals surface area contributed by atoms with E-state index in [1.165, 1.54) is 28.7 Å². The third-order valence-corrected chi connectivity index (χ3v) is 5.90. The molecule has 3 heteroatoms. The lowest BCUT2D eigenvalue weighted by Gasteiger charge is -2.27. The summed E-state index contributed by atoms with van der Waals surface area (Å²) in [5.74, 6) is 1.01. The van der Waals surface area contributed by atoms with E-state index in [1.807, 2.05) is 0 Å². The molecule has 3 atom stereocenters. The van der Waals surface area contributed by atoms with Crippen LogP contribution in [0.5, 0.6) is 0 Å². The van der Waals surface area contributed by atoms with Crippen molar-refractivity contribution in [2.24, 2.45) is 17.6 Å². The maximum absolute atomic E-state index is 9.48. The van der Waals surface area contributed by atoms with Crippen LogP contribution in [0.1, 0.15) is 59.3 Å². The van der Waals surface area contributed by atoms with Crippen LogP contribution in [0.15, 0.2) is 47.1 Å². The predicted molar refractivity (Wildman–Crippen MR) is 110 cm³/mol. The second-order valence-corrected chi connectivity index (χ2v) is 8.45. The fourth-order valence-electron chi connectivity index (χ4n) is 4.09. The van der Waals surface area contributed by atoms with Gasteiger partial charge >= 0.3 is 0 Å². The first-order valence-electron chi connectivity index (χ1n) is 10.0. The fourth-order valence-corrected chi connectivity index (χ4v) is 4.09. The summed E-state index contributed by atoms with van der Waals surface area (Å²) in [6, 6.07) is 0. The fraction of sp³-hybridized carbons (Fsp3) is 0.652. The van der Waals surface area contributed by atoms with Crippen LogP contribution in [0.3, 0.4) is 0 Å². The Labute approximate surface area is 159 Å². The first kappa shape index (κ1) is 21.1. The minimum absolute atomic E-state index is 0.0713. The van der Waals surface area contributed by atoms with Crippen LogP contribution in [0.4, 0.5) is 0 Å². The van der Waals surface area contributed by atoms with Crippen LogP contribution in [0.25, 0.3) is 0 Å². The van der Waals surface area contributed by atoms with Crippen LogP contribution >= 0.6 is 0 Å². The van der Waals surface area contributed by atoms with Crippen molar-refractivity contribution >= 4 is 0 Å². The molecule has 2 rings (SSSR count). The largest absolute Gasteiger partial charge is 0.394 e. The number of nitrogens with two attached hydrogens (primary N) is 1. The first-order chi connectivity index (χ1) is 12.4. The minimum atomic E-state index is -0.407. The molecular formula is C23H37NO2. The SMILES string of the molecule is C=C(/C=C1/CC[C@@H](COCC=C(C)C)C/C1=C/C)[C@H]1CC[C@](N)(CO)C1. The summed E-state index contributed by atoms with van der Waals surface area (Å²) in [5.41, 5.74) is 11.2. The summed E-state index contributed by atoms with van der Waals surface area (Å²) in [6.45, 7) is 12.3. The standard InChI is InChI=1S/C23H37NO2/c1-5-20-13-19(15-26-11-9-17(2)3)6-7-21(20)12-18(4)22-8-10-23(24,14-22)16-25/h5,9,12,19,22,25H,4,6-8,10-11,13-16,24H2,1-3H3/b20-5-,21-12-/t19-,22+,23-/m1/s1. The van der Waals surface area contributed by atoms with E-state index in [9.17, 15) is 5.11 Å². The van der Waals surface area contributed by atoms with Crippen molar-refractivity contribution in [2.45, 2.75) is 64.8 Å². The van der Waals surface area contributed by atoms with E-state index in [4.69, 9.17) is 10.5 Å². The van der Waals surface area contributed by atoms with Crippen molar-refractivity contribution in [3.05, 3.63) is 47.1 Å². The molecule has 2 fully saturated rings. The monoisotopic (exact) mass is 359 g/mol. The van der Waals surface area contributed by atoms with Gasteiger partial charge < -0.3 is 15.6 Å². The molecule has 0 saturated heterocycles. The highest BCUT2D eigenvalue weighted by Crippen LogP contribution is 2.39. The van der Waals surface area contributed by atoms with E-state index in [0.717, 1.165) is 45.3 Å². The van der Waals surface area contributed by atoms with Crippen molar-refractivity contribution in [1.29, 1.82) is 0 Å². The van der Waals surface area contributed by atoms with Crippen LogP contribution in [-0.4, -0.2) is 30.5 Å². The normalized spacial score (nSPS) is 32.2. The van der Waals surface area contributed by atoms with Crippen LogP contribution in [0.2, 0.25) is 0 Å². The molecule has 0 aliphatic heterocycles. The molecule has 0 aromatic carbocycles. The van der Waals surface area contributed by atoms with E-state index in [0.29, 0.717) is 11.8 Å². The summed E-state index contributed by atoms with van der Waals surface area (Å²) in [5, 5.41) is 9.48.